The van der Waals surface area contributed by atoms with Crippen molar-refractivity contribution in [3.63, 3.8) is 0 Å². The molecule has 0 aliphatic carbocycles. The summed E-state index contributed by atoms with van der Waals surface area (Å²) in [5.41, 5.74) is 3.55. The van der Waals surface area contributed by atoms with Crippen molar-refractivity contribution in [3.8, 4) is 0 Å². The molecule has 0 aliphatic heterocycles. The molecule has 116 valence electrons. The van der Waals surface area contributed by atoms with E-state index in [1.54, 1.807) is 6.07 Å². The van der Waals surface area contributed by atoms with Crippen LogP contribution in [-0.2, 0) is 10.5 Å². The lowest BCUT2D eigenvalue weighted by Gasteiger charge is -2.01. The molecule has 0 aliphatic rings. The number of halogens is 2. The Kier molecular flexibility index (Phi) is 6.54. The molecule has 1 aromatic heterocycles. The third kappa shape index (κ3) is 5.51. The van der Waals surface area contributed by atoms with Crippen LogP contribution in [0.25, 0.3) is 0 Å². The molecular formula is C15H14BrClN2O2S. The largest absolute Gasteiger partial charge is 0.459 e. The third-order valence-corrected chi connectivity index (χ3v) is 4.67. The predicted molar refractivity (Wildman–Crippen MR) is 94.5 cm³/mol. The van der Waals surface area contributed by atoms with Crippen LogP contribution in [0.3, 0.4) is 0 Å². The Balaban J connectivity index is 1.72. The summed E-state index contributed by atoms with van der Waals surface area (Å²) in [6.45, 7) is 1.84. The maximum atomic E-state index is 11.7. The summed E-state index contributed by atoms with van der Waals surface area (Å²) >= 11 is 10.7. The van der Waals surface area contributed by atoms with E-state index in [0.29, 0.717) is 16.5 Å². The third-order valence-electron chi connectivity index (χ3n) is 2.65. The Labute approximate surface area is 146 Å². The molecule has 0 unspecified atom stereocenters. The van der Waals surface area contributed by atoms with Gasteiger partial charge in [-0.3, -0.25) is 4.79 Å². The van der Waals surface area contributed by atoms with Gasteiger partial charge in [0.1, 0.15) is 11.5 Å². The van der Waals surface area contributed by atoms with E-state index in [-0.39, 0.29) is 5.91 Å². The van der Waals surface area contributed by atoms with Crippen LogP contribution in [0.2, 0.25) is 5.02 Å². The smallest absolute Gasteiger partial charge is 0.250 e. The highest BCUT2D eigenvalue weighted by Crippen LogP contribution is 2.19. The van der Waals surface area contributed by atoms with Crippen molar-refractivity contribution in [1.29, 1.82) is 0 Å². The molecule has 0 spiro atoms. The van der Waals surface area contributed by atoms with Gasteiger partial charge in [-0.25, -0.2) is 5.43 Å². The quantitative estimate of drug-likeness (QED) is 0.577. The Morgan fingerprint density at radius 3 is 3.00 bits per heavy atom. The summed E-state index contributed by atoms with van der Waals surface area (Å²) in [4.78, 5) is 11.7. The number of benzene rings is 1. The number of carbonyl (C=O) groups excluding carboxylic acids is 1. The minimum absolute atomic E-state index is 0.161. The van der Waals surface area contributed by atoms with E-state index in [1.807, 2.05) is 31.2 Å². The van der Waals surface area contributed by atoms with Gasteiger partial charge in [0.25, 0.3) is 0 Å². The van der Waals surface area contributed by atoms with Gasteiger partial charge in [0.05, 0.1) is 16.4 Å². The van der Waals surface area contributed by atoms with E-state index in [1.165, 1.54) is 18.0 Å². The van der Waals surface area contributed by atoms with Crippen molar-refractivity contribution < 1.29 is 9.21 Å². The summed E-state index contributed by atoms with van der Waals surface area (Å²) in [7, 11) is 0. The lowest BCUT2D eigenvalue weighted by atomic mass is 10.2. The minimum Gasteiger partial charge on any atom is -0.459 e. The molecular weight excluding hydrogens is 388 g/mol. The second-order valence-electron chi connectivity index (χ2n) is 4.47. The molecule has 1 amide bonds. The number of rotatable bonds is 6. The molecule has 0 bridgehead atoms. The van der Waals surface area contributed by atoms with Crippen LogP contribution in [0.1, 0.15) is 17.1 Å². The van der Waals surface area contributed by atoms with Crippen molar-refractivity contribution in [2.24, 2.45) is 5.10 Å². The van der Waals surface area contributed by atoms with Crippen molar-refractivity contribution >= 4 is 51.4 Å². The maximum Gasteiger partial charge on any atom is 0.250 e. The van der Waals surface area contributed by atoms with Gasteiger partial charge in [0.15, 0.2) is 0 Å². The molecule has 0 saturated heterocycles. The summed E-state index contributed by atoms with van der Waals surface area (Å²) in [5.74, 6) is 2.24. The number of hydrogen-bond donors (Lipinski definition) is 1. The SMILES string of the molecule is Cc1oc(/C=N/NC(=O)CSCc2cccc(Cl)c2)cc1Br. The summed E-state index contributed by atoms with van der Waals surface area (Å²) in [6, 6.07) is 9.38. The van der Waals surface area contributed by atoms with Gasteiger partial charge >= 0.3 is 0 Å². The number of amides is 1. The molecule has 22 heavy (non-hydrogen) atoms. The van der Waals surface area contributed by atoms with Gasteiger partial charge in [-0.05, 0) is 40.5 Å². The Hall–Kier alpha value is -1.24. The number of carbonyl (C=O) groups is 1. The highest BCUT2D eigenvalue weighted by molar-refractivity contribution is 9.10. The van der Waals surface area contributed by atoms with Crippen LogP contribution in [0.5, 0.6) is 0 Å². The van der Waals surface area contributed by atoms with Crippen LogP contribution in [0, 0.1) is 6.92 Å². The Bertz CT molecular complexity index is 668. The van der Waals surface area contributed by atoms with Crippen molar-refractivity contribution in [2.45, 2.75) is 12.7 Å². The van der Waals surface area contributed by atoms with Crippen LogP contribution in [0.4, 0.5) is 0 Å². The number of hydrazone groups is 1. The Morgan fingerprint density at radius 2 is 2.32 bits per heavy atom. The van der Waals surface area contributed by atoms with Gasteiger partial charge in [-0.1, -0.05) is 23.7 Å². The van der Waals surface area contributed by atoms with Gasteiger partial charge in [-0.2, -0.15) is 5.10 Å². The Morgan fingerprint density at radius 1 is 1.50 bits per heavy atom. The molecule has 4 nitrogen and oxygen atoms in total. The molecule has 7 heteroatoms. The first-order chi connectivity index (χ1) is 10.5. The second kappa shape index (κ2) is 8.41. The molecule has 0 radical (unpaired) electrons. The minimum atomic E-state index is -0.161. The maximum absolute atomic E-state index is 11.7. The summed E-state index contributed by atoms with van der Waals surface area (Å²) in [6.07, 6.45) is 1.47. The van der Waals surface area contributed by atoms with E-state index >= 15 is 0 Å². The zero-order valence-electron chi connectivity index (χ0n) is 11.8. The van der Waals surface area contributed by atoms with E-state index in [9.17, 15) is 4.79 Å². The van der Waals surface area contributed by atoms with E-state index in [2.05, 4.69) is 26.5 Å². The fourth-order valence-electron chi connectivity index (χ4n) is 1.63. The second-order valence-corrected chi connectivity index (χ2v) is 6.75. The van der Waals surface area contributed by atoms with E-state index < -0.39 is 0 Å². The first-order valence-electron chi connectivity index (χ1n) is 6.44. The molecule has 1 heterocycles. The van der Waals surface area contributed by atoms with Crippen molar-refractivity contribution in [1.82, 2.24) is 5.43 Å². The molecule has 1 aromatic carbocycles. The van der Waals surface area contributed by atoms with Gasteiger partial charge in [0, 0.05) is 16.8 Å². The average Bonchev–Trinajstić information content (AvgIpc) is 2.78. The molecule has 1 N–H and O–H groups in total. The number of furan rings is 1. The fourth-order valence-corrected chi connectivity index (χ4v) is 2.92. The summed E-state index contributed by atoms with van der Waals surface area (Å²) < 4.78 is 6.25. The zero-order valence-corrected chi connectivity index (χ0v) is 15.0. The number of nitrogens with one attached hydrogen (secondary N) is 1. The molecule has 2 rings (SSSR count). The van der Waals surface area contributed by atoms with Crippen molar-refractivity contribution in [2.75, 3.05) is 5.75 Å². The van der Waals surface area contributed by atoms with E-state index in [0.717, 1.165) is 21.5 Å². The highest BCUT2D eigenvalue weighted by atomic mass is 79.9. The normalized spacial score (nSPS) is 11.0. The van der Waals surface area contributed by atoms with Crippen molar-refractivity contribution in [3.05, 3.63) is 56.9 Å². The first-order valence-corrected chi connectivity index (χ1v) is 8.77. The highest BCUT2D eigenvalue weighted by Gasteiger charge is 2.03. The topological polar surface area (TPSA) is 54.6 Å². The lowest BCUT2D eigenvalue weighted by Crippen LogP contribution is -2.19. The van der Waals surface area contributed by atoms with E-state index in [4.69, 9.17) is 16.0 Å². The van der Waals surface area contributed by atoms with Crippen LogP contribution >= 0.6 is 39.3 Å². The molecule has 0 fully saturated rings. The fraction of sp³-hybridized carbons (Fsp3) is 0.200. The number of nitrogens with zero attached hydrogens (tertiary/aromatic N) is 1. The number of aryl methyl sites for hydroxylation is 1. The van der Waals surface area contributed by atoms with Crippen LogP contribution < -0.4 is 5.43 Å². The average molecular weight is 402 g/mol. The number of thioether (sulfide) groups is 1. The molecule has 0 atom stereocenters. The first kappa shape index (κ1) is 17.1. The van der Waals surface area contributed by atoms with Gasteiger partial charge in [0.2, 0.25) is 5.91 Å². The summed E-state index contributed by atoms with van der Waals surface area (Å²) in [5, 5.41) is 4.56. The standard InChI is InChI=1S/C15H14BrClN2O2S/c1-10-14(16)6-13(21-10)7-18-19-15(20)9-22-8-11-3-2-4-12(17)5-11/h2-7H,8-9H2,1H3,(H,19,20)/b18-7+. The zero-order chi connectivity index (χ0) is 15.9. The molecule has 0 saturated carbocycles. The predicted octanol–water partition coefficient (Wildman–Crippen LogP) is 4.39. The number of hydrogen-bond acceptors (Lipinski definition) is 4. The monoisotopic (exact) mass is 400 g/mol. The van der Waals surface area contributed by atoms with Gasteiger partial charge in [-0.15, -0.1) is 11.8 Å². The van der Waals surface area contributed by atoms with Crippen LogP contribution in [-0.4, -0.2) is 17.9 Å². The van der Waals surface area contributed by atoms with Crippen LogP contribution in [0.15, 0.2) is 44.3 Å². The van der Waals surface area contributed by atoms with Gasteiger partial charge < -0.3 is 4.42 Å². The lowest BCUT2D eigenvalue weighted by molar-refractivity contribution is -0.118. The molecule has 2 aromatic rings.